The van der Waals surface area contributed by atoms with Gasteiger partial charge in [0.25, 0.3) is 15.9 Å². The standard InChI is InChI=1S/C22H22N2O4S/c1-16-7-3-4-12-21(16)24-29(26,27)20-11-6-9-18(14-20)22(25)23-15-17-8-5-10-19(13-17)28-2/h3-14,24H,15H2,1-2H3,(H,23,25). The van der Waals surface area contributed by atoms with Crippen molar-refractivity contribution < 1.29 is 17.9 Å². The monoisotopic (exact) mass is 410 g/mol. The molecule has 0 aliphatic rings. The maximum Gasteiger partial charge on any atom is 0.261 e. The quantitative estimate of drug-likeness (QED) is 0.622. The van der Waals surface area contributed by atoms with Crippen molar-refractivity contribution in [3.63, 3.8) is 0 Å². The zero-order valence-corrected chi connectivity index (χ0v) is 17.0. The molecule has 3 rings (SSSR count). The predicted octanol–water partition coefficient (Wildman–Crippen LogP) is 3.73. The molecule has 0 saturated carbocycles. The SMILES string of the molecule is COc1cccc(CNC(=O)c2cccc(S(=O)(=O)Nc3ccccc3C)c2)c1. The normalized spacial score (nSPS) is 11.0. The van der Waals surface area contributed by atoms with Crippen LogP contribution in [0.2, 0.25) is 0 Å². The largest absolute Gasteiger partial charge is 0.497 e. The van der Waals surface area contributed by atoms with Gasteiger partial charge in [-0.2, -0.15) is 0 Å². The summed E-state index contributed by atoms with van der Waals surface area (Å²) in [6.45, 7) is 2.12. The predicted molar refractivity (Wildman–Crippen MR) is 113 cm³/mol. The molecule has 0 aromatic heterocycles. The molecule has 0 fully saturated rings. The first-order valence-electron chi connectivity index (χ1n) is 8.99. The lowest BCUT2D eigenvalue weighted by Gasteiger charge is -2.11. The van der Waals surface area contributed by atoms with Gasteiger partial charge in [-0.05, 0) is 54.4 Å². The minimum atomic E-state index is -3.81. The van der Waals surface area contributed by atoms with Crippen LogP contribution in [0.15, 0.2) is 77.7 Å². The van der Waals surface area contributed by atoms with Crippen molar-refractivity contribution >= 4 is 21.6 Å². The Kier molecular flexibility index (Phi) is 6.19. The van der Waals surface area contributed by atoms with Crippen LogP contribution in [0.25, 0.3) is 0 Å². The van der Waals surface area contributed by atoms with Crippen LogP contribution in [0.1, 0.15) is 21.5 Å². The van der Waals surface area contributed by atoms with Gasteiger partial charge in [0.05, 0.1) is 17.7 Å². The third kappa shape index (κ3) is 5.14. The summed E-state index contributed by atoms with van der Waals surface area (Å²) in [5.41, 5.74) is 2.45. The number of hydrogen-bond acceptors (Lipinski definition) is 4. The van der Waals surface area contributed by atoms with E-state index >= 15 is 0 Å². The fraction of sp³-hybridized carbons (Fsp3) is 0.136. The second-order valence-electron chi connectivity index (χ2n) is 6.48. The number of aryl methyl sites for hydroxylation is 1. The van der Waals surface area contributed by atoms with Crippen LogP contribution in [0.5, 0.6) is 5.75 Å². The second-order valence-corrected chi connectivity index (χ2v) is 8.16. The maximum absolute atomic E-state index is 12.7. The number of carbonyl (C=O) groups excluding carboxylic acids is 1. The van der Waals surface area contributed by atoms with Crippen LogP contribution in [-0.2, 0) is 16.6 Å². The van der Waals surface area contributed by atoms with E-state index in [1.165, 1.54) is 12.1 Å². The van der Waals surface area contributed by atoms with Crippen molar-refractivity contribution in [2.45, 2.75) is 18.4 Å². The summed E-state index contributed by atoms with van der Waals surface area (Å²) in [7, 11) is -2.24. The summed E-state index contributed by atoms with van der Waals surface area (Å²) >= 11 is 0. The molecule has 1 amide bonds. The summed E-state index contributed by atoms with van der Waals surface area (Å²) in [5.74, 6) is 0.341. The van der Waals surface area contributed by atoms with Gasteiger partial charge in [-0.3, -0.25) is 9.52 Å². The molecule has 0 aliphatic carbocycles. The summed E-state index contributed by atoms with van der Waals surface area (Å²) in [5, 5.41) is 2.79. The lowest BCUT2D eigenvalue weighted by atomic mass is 10.2. The topological polar surface area (TPSA) is 84.5 Å². The van der Waals surface area contributed by atoms with Gasteiger partial charge in [-0.15, -0.1) is 0 Å². The number of para-hydroxylation sites is 1. The van der Waals surface area contributed by atoms with E-state index < -0.39 is 10.0 Å². The number of anilines is 1. The minimum Gasteiger partial charge on any atom is -0.497 e. The highest BCUT2D eigenvalue weighted by Gasteiger charge is 2.17. The number of hydrogen-bond donors (Lipinski definition) is 2. The van der Waals surface area contributed by atoms with Gasteiger partial charge in [0.2, 0.25) is 0 Å². The van der Waals surface area contributed by atoms with E-state index in [1.807, 2.05) is 43.3 Å². The highest BCUT2D eigenvalue weighted by Crippen LogP contribution is 2.20. The molecule has 0 bridgehead atoms. The third-order valence-electron chi connectivity index (χ3n) is 4.38. The average molecular weight is 410 g/mol. The Bertz CT molecular complexity index is 1130. The van der Waals surface area contributed by atoms with E-state index in [4.69, 9.17) is 4.74 Å². The molecule has 0 heterocycles. The van der Waals surface area contributed by atoms with Crippen molar-refractivity contribution in [1.82, 2.24) is 5.32 Å². The van der Waals surface area contributed by atoms with Gasteiger partial charge in [0, 0.05) is 12.1 Å². The van der Waals surface area contributed by atoms with Crippen molar-refractivity contribution in [2.24, 2.45) is 0 Å². The zero-order chi connectivity index (χ0) is 20.9. The Balaban J connectivity index is 1.74. The Labute approximate surface area is 170 Å². The molecule has 3 aromatic carbocycles. The lowest BCUT2D eigenvalue weighted by Crippen LogP contribution is -2.23. The van der Waals surface area contributed by atoms with Gasteiger partial charge in [-0.1, -0.05) is 36.4 Å². The molecule has 29 heavy (non-hydrogen) atoms. The molecule has 2 N–H and O–H groups in total. The molecule has 0 saturated heterocycles. The molecular formula is C22H22N2O4S. The van der Waals surface area contributed by atoms with Crippen LogP contribution in [0.4, 0.5) is 5.69 Å². The lowest BCUT2D eigenvalue weighted by molar-refractivity contribution is 0.0950. The van der Waals surface area contributed by atoms with Crippen LogP contribution >= 0.6 is 0 Å². The number of nitrogens with one attached hydrogen (secondary N) is 2. The highest BCUT2D eigenvalue weighted by molar-refractivity contribution is 7.92. The van der Waals surface area contributed by atoms with Gasteiger partial charge in [0.15, 0.2) is 0 Å². The Morgan fingerprint density at radius 1 is 0.966 bits per heavy atom. The number of sulfonamides is 1. The number of benzene rings is 3. The molecule has 3 aromatic rings. The molecule has 0 unspecified atom stereocenters. The second kappa shape index (κ2) is 8.79. The minimum absolute atomic E-state index is 0.0229. The van der Waals surface area contributed by atoms with Gasteiger partial charge < -0.3 is 10.1 Å². The summed E-state index contributed by atoms with van der Waals surface area (Å²) in [6, 6.07) is 20.4. The fourth-order valence-corrected chi connectivity index (χ4v) is 3.94. The first kappa shape index (κ1) is 20.4. The average Bonchev–Trinajstić information content (AvgIpc) is 2.74. The molecule has 0 spiro atoms. The molecule has 150 valence electrons. The fourth-order valence-electron chi connectivity index (χ4n) is 2.76. The molecule has 7 heteroatoms. The van der Waals surface area contributed by atoms with Crippen LogP contribution in [-0.4, -0.2) is 21.4 Å². The molecule has 6 nitrogen and oxygen atoms in total. The molecule has 0 aliphatic heterocycles. The molecule has 0 atom stereocenters. The van der Waals surface area contributed by atoms with E-state index in [0.29, 0.717) is 18.0 Å². The number of rotatable bonds is 7. The van der Waals surface area contributed by atoms with Gasteiger partial charge in [-0.25, -0.2) is 8.42 Å². The van der Waals surface area contributed by atoms with Gasteiger partial charge in [0.1, 0.15) is 5.75 Å². The van der Waals surface area contributed by atoms with E-state index in [0.717, 1.165) is 11.1 Å². The molecular weight excluding hydrogens is 388 g/mol. The summed E-state index contributed by atoms with van der Waals surface area (Å²) < 4.78 is 33.2. The third-order valence-corrected chi connectivity index (χ3v) is 5.75. The smallest absolute Gasteiger partial charge is 0.261 e. The van der Waals surface area contributed by atoms with Crippen molar-refractivity contribution in [2.75, 3.05) is 11.8 Å². The Morgan fingerprint density at radius 3 is 2.48 bits per heavy atom. The van der Waals surface area contributed by atoms with Crippen molar-refractivity contribution in [1.29, 1.82) is 0 Å². The number of amides is 1. The highest BCUT2D eigenvalue weighted by atomic mass is 32.2. The van der Waals surface area contributed by atoms with Gasteiger partial charge >= 0.3 is 0 Å². The first-order chi connectivity index (χ1) is 13.9. The van der Waals surface area contributed by atoms with Crippen LogP contribution in [0, 0.1) is 6.92 Å². The number of carbonyl (C=O) groups is 1. The van der Waals surface area contributed by atoms with Crippen LogP contribution < -0.4 is 14.8 Å². The van der Waals surface area contributed by atoms with E-state index in [9.17, 15) is 13.2 Å². The summed E-state index contributed by atoms with van der Waals surface area (Å²) in [6.07, 6.45) is 0. The maximum atomic E-state index is 12.7. The van der Waals surface area contributed by atoms with Crippen molar-refractivity contribution in [3.05, 3.63) is 89.5 Å². The van der Waals surface area contributed by atoms with Crippen LogP contribution in [0.3, 0.4) is 0 Å². The first-order valence-corrected chi connectivity index (χ1v) is 10.5. The van der Waals surface area contributed by atoms with E-state index in [1.54, 1.807) is 31.4 Å². The Hall–Kier alpha value is -3.32. The number of methoxy groups -OCH3 is 1. The molecule has 0 radical (unpaired) electrons. The Morgan fingerprint density at radius 2 is 1.72 bits per heavy atom. The van der Waals surface area contributed by atoms with E-state index in [2.05, 4.69) is 10.0 Å². The zero-order valence-electron chi connectivity index (χ0n) is 16.2. The summed E-state index contributed by atoms with van der Waals surface area (Å²) in [4.78, 5) is 12.5. The number of ether oxygens (including phenoxy) is 1. The van der Waals surface area contributed by atoms with E-state index in [-0.39, 0.29) is 16.4 Å². The van der Waals surface area contributed by atoms with Crippen molar-refractivity contribution in [3.8, 4) is 5.75 Å².